The van der Waals surface area contributed by atoms with Crippen LogP contribution >= 0.6 is 0 Å². The number of rotatable bonds is 0. The summed E-state index contributed by atoms with van der Waals surface area (Å²) in [5.74, 6) is 0. The molecule has 0 amide bonds. The highest BCUT2D eigenvalue weighted by Gasteiger charge is 2.11. The normalized spacial score (nSPS) is 11.5. The van der Waals surface area contributed by atoms with Gasteiger partial charge in [0.15, 0.2) is 16.7 Å². The highest BCUT2D eigenvalue weighted by molar-refractivity contribution is 6.01. The molecule has 0 spiro atoms. The summed E-state index contributed by atoms with van der Waals surface area (Å²) < 4.78 is 5.60. The average molecular weight is 222 g/mol. The molecule has 5 heteroatoms. The number of pyridine rings is 2. The Balaban J connectivity index is 2.28. The van der Waals surface area contributed by atoms with Gasteiger partial charge in [0.25, 0.3) is 0 Å². The molecule has 0 fully saturated rings. The van der Waals surface area contributed by atoms with E-state index in [4.69, 9.17) is 4.42 Å². The number of aromatic nitrogens is 4. The maximum atomic E-state index is 5.60. The lowest BCUT2D eigenvalue weighted by molar-refractivity contribution is 0.653. The molecule has 4 heterocycles. The van der Waals surface area contributed by atoms with Gasteiger partial charge >= 0.3 is 0 Å². The molecule has 4 aromatic rings. The van der Waals surface area contributed by atoms with Crippen molar-refractivity contribution < 1.29 is 4.42 Å². The molecule has 0 saturated heterocycles. The standard InChI is InChI=1S/C12H6N4O/c1-2-7-6-8-9(16-11(7)14-3-1)10-12(17-8)15-5-4-13-10/h1-6H. The molecule has 5 nitrogen and oxygen atoms in total. The molecule has 17 heavy (non-hydrogen) atoms. The zero-order valence-electron chi connectivity index (χ0n) is 8.66. The minimum Gasteiger partial charge on any atom is -0.435 e. The lowest BCUT2D eigenvalue weighted by Gasteiger charge is -1.94. The van der Waals surface area contributed by atoms with E-state index in [1.165, 1.54) is 0 Å². The fourth-order valence-corrected chi connectivity index (χ4v) is 1.90. The predicted octanol–water partition coefficient (Wildman–Crippen LogP) is 2.32. The Morgan fingerprint density at radius 3 is 2.88 bits per heavy atom. The van der Waals surface area contributed by atoms with Crippen molar-refractivity contribution in [2.75, 3.05) is 0 Å². The zero-order chi connectivity index (χ0) is 11.2. The van der Waals surface area contributed by atoms with Gasteiger partial charge in [0.1, 0.15) is 5.52 Å². The van der Waals surface area contributed by atoms with Gasteiger partial charge in [-0.3, -0.25) is 0 Å². The molecule has 0 N–H and O–H groups in total. The van der Waals surface area contributed by atoms with Gasteiger partial charge in [-0.25, -0.2) is 19.9 Å². The second-order valence-electron chi connectivity index (χ2n) is 3.70. The van der Waals surface area contributed by atoms with E-state index in [-0.39, 0.29) is 0 Å². The van der Waals surface area contributed by atoms with E-state index in [0.717, 1.165) is 5.39 Å². The SMILES string of the molecule is c1cnc2nc3c(cc2c1)oc1nccnc13. The van der Waals surface area contributed by atoms with Crippen LogP contribution in [0.3, 0.4) is 0 Å². The summed E-state index contributed by atoms with van der Waals surface area (Å²) in [5, 5.41) is 0.944. The van der Waals surface area contributed by atoms with Crippen LogP contribution < -0.4 is 0 Å². The second-order valence-corrected chi connectivity index (χ2v) is 3.70. The topological polar surface area (TPSA) is 64.7 Å². The molecule has 4 aromatic heterocycles. The van der Waals surface area contributed by atoms with Crippen LogP contribution in [0.4, 0.5) is 0 Å². The number of hydrogen-bond donors (Lipinski definition) is 0. The molecular formula is C12H6N4O. The van der Waals surface area contributed by atoms with Gasteiger partial charge < -0.3 is 4.42 Å². The van der Waals surface area contributed by atoms with Crippen LogP contribution in [0.15, 0.2) is 41.2 Å². The summed E-state index contributed by atoms with van der Waals surface area (Å²) in [6, 6.07) is 5.73. The van der Waals surface area contributed by atoms with E-state index in [0.29, 0.717) is 28.0 Å². The Bertz CT molecular complexity index is 847. The Morgan fingerprint density at radius 1 is 0.941 bits per heavy atom. The quantitative estimate of drug-likeness (QED) is 0.456. The first-order valence-electron chi connectivity index (χ1n) is 5.17. The minimum absolute atomic E-state index is 0.505. The lowest BCUT2D eigenvalue weighted by atomic mass is 10.2. The van der Waals surface area contributed by atoms with Crippen LogP contribution in [0.25, 0.3) is 33.4 Å². The van der Waals surface area contributed by atoms with Crippen molar-refractivity contribution in [1.29, 1.82) is 0 Å². The maximum Gasteiger partial charge on any atom is 0.247 e. The first kappa shape index (κ1) is 8.58. The molecule has 0 atom stereocenters. The van der Waals surface area contributed by atoms with Gasteiger partial charge in [-0.2, -0.15) is 0 Å². The fourth-order valence-electron chi connectivity index (χ4n) is 1.90. The molecule has 4 rings (SSSR count). The van der Waals surface area contributed by atoms with E-state index >= 15 is 0 Å². The van der Waals surface area contributed by atoms with E-state index in [1.54, 1.807) is 18.6 Å². The van der Waals surface area contributed by atoms with Crippen LogP contribution in [0.5, 0.6) is 0 Å². The molecule has 0 aliphatic heterocycles. The molecule has 80 valence electrons. The van der Waals surface area contributed by atoms with Crippen molar-refractivity contribution in [2.45, 2.75) is 0 Å². The van der Waals surface area contributed by atoms with E-state index in [2.05, 4.69) is 19.9 Å². The Labute approximate surface area is 95.1 Å². The zero-order valence-corrected chi connectivity index (χ0v) is 8.66. The summed E-state index contributed by atoms with van der Waals surface area (Å²) >= 11 is 0. The number of fused-ring (bicyclic) bond motifs is 4. The summed E-state index contributed by atoms with van der Waals surface area (Å²) in [6.07, 6.45) is 4.94. The van der Waals surface area contributed by atoms with Crippen LogP contribution in [0.1, 0.15) is 0 Å². The molecule has 0 radical (unpaired) electrons. The molecule has 0 saturated carbocycles. The molecule has 0 unspecified atom stereocenters. The van der Waals surface area contributed by atoms with E-state index in [9.17, 15) is 0 Å². The van der Waals surface area contributed by atoms with Gasteiger partial charge in [-0.05, 0) is 18.2 Å². The Hall–Kier alpha value is -2.56. The predicted molar refractivity (Wildman–Crippen MR) is 62.4 cm³/mol. The van der Waals surface area contributed by atoms with Gasteiger partial charge in [0.05, 0.1) is 0 Å². The van der Waals surface area contributed by atoms with Gasteiger partial charge in [-0.1, -0.05) is 0 Å². The van der Waals surface area contributed by atoms with Gasteiger partial charge in [-0.15, -0.1) is 0 Å². The van der Waals surface area contributed by atoms with Crippen molar-refractivity contribution in [3.05, 3.63) is 36.8 Å². The van der Waals surface area contributed by atoms with Gasteiger partial charge in [0, 0.05) is 24.0 Å². The Kier molecular flexibility index (Phi) is 1.50. The van der Waals surface area contributed by atoms with Crippen molar-refractivity contribution in [1.82, 2.24) is 19.9 Å². The molecule has 0 bridgehead atoms. The fraction of sp³-hybridized carbons (Fsp3) is 0. The summed E-state index contributed by atoms with van der Waals surface area (Å²) in [5.41, 5.74) is 3.26. The maximum absolute atomic E-state index is 5.60. The average Bonchev–Trinajstić information content (AvgIpc) is 2.73. The third-order valence-corrected chi connectivity index (χ3v) is 2.65. The Morgan fingerprint density at radius 2 is 1.88 bits per heavy atom. The third-order valence-electron chi connectivity index (χ3n) is 2.65. The molecule has 0 aliphatic carbocycles. The highest BCUT2D eigenvalue weighted by atomic mass is 16.3. The van der Waals surface area contributed by atoms with Crippen LogP contribution in [-0.2, 0) is 0 Å². The molecular weight excluding hydrogens is 216 g/mol. The number of nitrogens with zero attached hydrogens (tertiary/aromatic N) is 4. The van der Waals surface area contributed by atoms with Crippen molar-refractivity contribution >= 4 is 33.4 Å². The highest BCUT2D eigenvalue weighted by Crippen LogP contribution is 2.26. The van der Waals surface area contributed by atoms with Crippen LogP contribution in [0, 0.1) is 0 Å². The molecule has 0 aliphatic rings. The lowest BCUT2D eigenvalue weighted by Crippen LogP contribution is -1.83. The third kappa shape index (κ3) is 1.13. The first-order chi connectivity index (χ1) is 8.42. The van der Waals surface area contributed by atoms with Crippen molar-refractivity contribution in [3.63, 3.8) is 0 Å². The largest absolute Gasteiger partial charge is 0.435 e. The smallest absolute Gasteiger partial charge is 0.247 e. The van der Waals surface area contributed by atoms with Crippen molar-refractivity contribution in [3.8, 4) is 0 Å². The van der Waals surface area contributed by atoms with Crippen molar-refractivity contribution in [2.24, 2.45) is 0 Å². The first-order valence-corrected chi connectivity index (χ1v) is 5.17. The summed E-state index contributed by atoms with van der Waals surface area (Å²) in [4.78, 5) is 17.0. The van der Waals surface area contributed by atoms with Gasteiger partial charge in [0.2, 0.25) is 5.71 Å². The van der Waals surface area contributed by atoms with E-state index < -0.39 is 0 Å². The number of hydrogen-bond acceptors (Lipinski definition) is 5. The van der Waals surface area contributed by atoms with Crippen LogP contribution in [-0.4, -0.2) is 19.9 Å². The second kappa shape index (κ2) is 2.98. The minimum atomic E-state index is 0.505. The van der Waals surface area contributed by atoms with E-state index in [1.807, 2.05) is 18.2 Å². The summed E-state index contributed by atoms with van der Waals surface area (Å²) in [6.45, 7) is 0. The molecule has 0 aromatic carbocycles. The monoisotopic (exact) mass is 222 g/mol. The number of furan rings is 1. The van der Waals surface area contributed by atoms with Crippen LogP contribution in [0.2, 0.25) is 0 Å². The summed E-state index contributed by atoms with van der Waals surface area (Å²) in [7, 11) is 0.